The third kappa shape index (κ3) is 3.15. The molecule has 0 radical (unpaired) electrons. The van der Waals surface area contributed by atoms with E-state index in [4.69, 9.17) is 10.5 Å². The van der Waals surface area contributed by atoms with Crippen LogP contribution in [0.2, 0.25) is 0 Å². The largest absolute Gasteiger partial charge is 0.492 e. The number of ether oxygens (including phenoxy) is 1. The lowest BCUT2D eigenvalue weighted by molar-refractivity contribution is 0.224. The molecule has 0 aliphatic heterocycles. The average molecular weight is 259 g/mol. The number of likely N-dealkylation sites (N-methyl/N-ethyl adjacent to an activating group) is 1. The first-order valence-corrected chi connectivity index (χ1v) is 6.73. The monoisotopic (exact) mass is 259 g/mol. The van der Waals surface area contributed by atoms with Crippen molar-refractivity contribution in [2.24, 2.45) is 0 Å². The number of benzene rings is 1. The Morgan fingerprint density at radius 1 is 1.16 bits per heavy atom. The molecule has 4 heteroatoms. The van der Waals surface area contributed by atoms with Crippen molar-refractivity contribution in [2.75, 3.05) is 32.0 Å². The van der Waals surface area contributed by atoms with E-state index in [1.54, 1.807) is 12.4 Å². The van der Waals surface area contributed by atoms with Gasteiger partial charge in [-0.05, 0) is 31.3 Å². The van der Waals surface area contributed by atoms with E-state index in [9.17, 15) is 0 Å². The summed E-state index contributed by atoms with van der Waals surface area (Å²) in [4.78, 5) is 6.44. The third-order valence-corrected chi connectivity index (χ3v) is 3.37. The number of hydrogen-bond acceptors (Lipinski definition) is 4. The number of nitrogen functional groups attached to an aromatic ring is 1. The maximum absolute atomic E-state index is 5.94. The molecule has 0 atom stereocenters. The van der Waals surface area contributed by atoms with Crippen LogP contribution >= 0.6 is 0 Å². The SMILES string of the molecule is CCN(CC)CCOc1ccc(N)c2cnccc12. The maximum Gasteiger partial charge on any atom is 0.127 e. The van der Waals surface area contributed by atoms with Crippen LogP contribution in [0, 0.1) is 0 Å². The predicted octanol–water partition coefficient (Wildman–Crippen LogP) is 2.54. The fourth-order valence-electron chi connectivity index (χ4n) is 2.13. The molecular formula is C15H21N3O. The first-order chi connectivity index (χ1) is 9.26. The van der Waals surface area contributed by atoms with Gasteiger partial charge in [-0.3, -0.25) is 4.98 Å². The van der Waals surface area contributed by atoms with E-state index in [1.807, 2.05) is 18.2 Å². The standard InChI is InChI=1S/C15H21N3O/c1-3-18(4-2)9-10-19-15-6-5-14(16)13-11-17-8-7-12(13)15/h5-8,11H,3-4,9-10,16H2,1-2H3. The van der Waals surface area contributed by atoms with E-state index in [-0.39, 0.29) is 0 Å². The molecule has 1 aromatic carbocycles. The number of nitrogens with two attached hydrogens (primary N) is 1. The summed E-state index contributed by atoms with van der Waals surface area (Å²) in [6, 6.07) is 5.75. The average Bonchev–Trinajstić information content (AvgIpc) is 2.46. The molecule has 102 valence electrons. The Labute approximate surface area is 114 Å². The number of nitrogens with zero attached hydrogens (tertiary/aromatic N) is 2. The van der Waals surface area contributed by atoms with Crippen molar-refractivity contribution in [3.05, 3.63) is 30.6 Å². The minimum atomic E-state index is 0.684. The quantitative estimate of drug-likeness (QED) is 0.810. The van der Waals surface area contributed by atoms with Crippen LogP contribution in [0.15, 0.2) is 30.6 Å². The van der Waals surface area contributed by atoms with Crippen LogP contribution in [0.3, 0.4) is 0 Å². The second-order valence-corrected chi connectivity index (χ2v) is 4.45. The Kier molecular flexibility index (Phi) is 4.58. The van der Waals surface area contributed by atoms with Gasteiger partial charge in [-0.25, -0.2) is 0 Å². The lowest BCUT2D eigenvalue weighted by Gasteiger charge is -2.18. The summed E-state index contributed by atoms with van der Waals surface area (Å²) in [7, 11) is 0. The van der Waals surface area contributed by atoms with Crippen LogP contribution in [0.5, 0.6) is 5.75 Å². The topological polar surface area (TPSA) is 51.4 Å². The maximum atomic E-state index is 5.94. The van der Waals surface area contributed by atoms with Crippen molar-refractivity contribution in [2.45, 2.75) is 13.8 Å². The summed E-state index contributed by atoms with van der Waals surface area (Å²) in [6.07, 6.45) is 3.54. The molecule has 2 aromatic rings. The number of pyridine rings is 1. The minimum Gasteiger partial charge on any atom is -0.492 e. The second kappa shape index (κ2) is 6.38. The zero-order valence-corrected chi connectivity index (χ0v) is 11.6. The number of anilines is 1. The van der Waals surface area contributed by atoms with Gasteiger partial charge in [0.15, 0.2) is 0 Å². The number of rotatable bonds is 6. The molecule has 1 heterocycles. The van der Waals surface area contributed by atoms with Gasteiger partial charge in [-0.2, -0.15) is 0 Å². The van der Waals surface area contributed by atoms with Crippen molar-refractivity contribution in [3.8, 4) is 5.75 Å². The second-order valence-electron chi connectivity index (χ2n) is 4.45. The van der Waals surface area contributed by atoms with E-state index in [1.165, 1.54) is 0 Å². The highest BCUT2D eigenvalue weighted by Gasteiger charge is 2.06. The summed E-state index contributed by atoms with van der Waals surface area (Å²) in [5.41, 5.74) is 6.68. The highest BCUT2D eigenvalue weighted by Crippen LogP contribution is 2.29. The Bertz CT molecular complexity index is 538. The Morgan fingerprint density at radius 2 is 1.95 bits per heavy atom. The molecule has 0 unspecified atom stereocenters. The minimum absolute atomic E-state index is 0.684. The number of hydrogen-bond donors (Lipinski definition) is 1. The summed E-state index contributed by atoms with van der Waals surface area (Å²) in [5, 5.41) is 1.97. The van der Waals surface area contributed by atoms with Crippen molar-refractivity contribution >= 4 is 16.5 Å². The van der Waals surface area contributed by atoms with Gasteiger partial charge in [0.05, 0.1) is 0 Å². The molecule has 0 saturated carbocycles. The zero-order chi connectivity index (χ0) is 13.7. The van der Waals surface area contributed by atoms with Crippen LogP contribution in [0.4, 0.5) is 5.69 Å². The normalized spacial score (nSPS) is 11.1. The van der Waals surface area contributed by atoms with E-state index in [0.717, 1.165) is 41.8 Å². The number of fused-ring (bicyclic) bond motifs is 1. The van der Waals surface area contributed by atoms with Gasteiger partial charge in [0.1, 0.15) is 12.4 Å². The van der Waals surface area contributed by atoms with Crippen molar-refractivity contribution in [3.63, 3.8) is 0 Å². The molecular weight excluding hydrogens is 238 g/mol. The van der Waals surface area contributed by atoms with Gasteiger partial charge in [0.25, 0.3) is 0 Å². The summed E-state index contributed by atoms with van der Waals surface area (Å²) in [6.45, 7) is 8.03. The van der Waals surface area contributed by atoms with E-state index in [0.29, 0.717) is 6.61 Å². The Balaban J connectivity index is 2.11. The van der Waals surface area contributed by atoms with Crippen LogP contribution in [-0.2, 0) is 0 Å². The fourth-order valence-corrected chi connectivity index (χ4v) is 2.13. The lowest BCUT2D eigenvalue weighted by Crippen LogP contribution is -2.27. The zero-order valence-electron chi connectivity index (χ0n) is 11.6. The molecule has 2 rings (SSSR count). The summed E-state index contributed by atoms with van der Waals surface area (Å²) >= 11 is 0. The predicted molar refractivity (Wildman–Crippen MR) is 79.4 cm³/mol. The van der Waals surface area contributed by atoms with E-state index in [2.05, 4.69) is 23.7 Å². The van der Waals surface area contributed by atoms with Crippen molar-refractivity contribution in [1.29, 1.82) is 0 Å². The molecule has 1 aromatic heterocycles. The first kappa shape index (κ1) is 13.6. The third-order valence-electron chi connectivity index (χ3n) is 3.37. The molecule has 0 amide bonds. The highest BCUT2D eigenvalue weighted by molar-refractivity contribution is 5.96. The molecule has 4 nitrogen and oxygen atoms in total. The molecule has 19 heavy (non-hydrogen) atoms. The van der Waals surface area contributed by atoms with Crippen LogP contribution in [0.1, 0.15) is 13.8 Å². The van der Waals surface area contributed by atoms with Gasteiger partial charge in [-0.15, -0.1) is 0 Å². The van der Waals surface area contributed by atoms with Gasteiger partial charge >= 0.3 is 0 Å². The number of aromatic nitrogens is 1. The van der Waals surface area contributed by atoms with Crippen LogP contribution in [-0.4, -0.2) is 36.1 Å². The van der Waals surface area contributed by atoms with Gasteiger partial charge in [0.2, 0.25) is 0 Å². The fraction of sp³-hybridized carbons (Fsp3) is 0.400. The van der Waals surface area contributed by atoms with E-state index < -0.39 is 0 Å². The first-order valence-electron chi connectivity index (χ1n) is 6.73. The Morgan fingerprint density at radius 3 is 2.68 bits per heavy atom. The molecule has 0 spiro atoms. The van der Waals surface area contributed by atoms with Crippen molar-refractivity contribution < 1.29 is 4.74 Å². The smallest absolute Gasteiger partial charge is 0.127 e. The molecule has 0 saturated heterocycles. The highest BCUT2D eigenvalue weighted by atomic mass is 16.5. The Hall–Kier alpha value is -1.81. The van der Waals surface area contributed by atoms with Gasteiger partial charge in [-0.1, -0.05) is 13.8 Å². The summed E-state index contributed by atoms with van der Waals surface area (Å²) < 4.78 is 5.88. The molecule has 2 N–H and O–H groups in total. The van der Waals surface area contributed by atoms with Crippen LogP contribution < -0.4 is 10.5 Å². The van der Waals surface area contributed by atoms with E-state index >= 15 is 0 Å². The van der Waals surface area contributed by atoms with Crippen molar-refractivity contribution in [1.82, 2.24) is 9.88 Å². The molecule has 0 aliphatic carbocycles. The molecule has 0 bridgehead atoms. The molecule has 0 fully saturated rings. The van der Waals surface area contributed by atoms with Crippen LogP contribution in [0.25, 0.3) is 10.8 Å². The van der Waals surface area contributed by atoms with Gasteiger partial charge in [0, 0.05) is 35.4 Å². The summed E-state index contributed by atoms with van der Waals surface area (Å²) in [5.74, 6) is 0.874. The van der Waals surface area contributed by atoms with Gasteiger partial charge < -0.3 is 15.4 Å². The molecule has 0 aliphatic rings. The lowest BCUT2D eigenvalue weighted by atomic mass is 10.1.